The van der Waals surface area contributed by atoms with Gasteiger partial charge in [0.2, 0.25) is 10.0 Å². The number of para-hydroxylation sites is 1. The molecule has 0 spiro atoms. The number of nitrogens with zero attached hydrogens (tertiary/aromatic N) is 2. The molecular formula is C21H20ClFN4O5S. The number of sulfonamides is 1. The fourth-order valence-electron chi connectivity index (χ4n) is 3.51. The maximum absolute atomic E-state index is 14.0. The summed E-state index contributed by atoms with van der Waals surface area (Å²) >= 11 is 6.13. The lowest BCUT2D eigenvalue weighted by Gasteiger charge is -2.32. The maximum Gasteiger partial charge on any atom is 0.253 e. The number of hydrogen-bond donors (Lipinski definition) is 3. The number of anilines is 4. The fourth-order valence-corrected chi connectivity index (χ4v) is 5.53. The molecule has 0 aromatic heterocycles. The molecule has 0 saturated carbocycles. The van der Waals surface area contributed by atoms with Crippen LogP contribution in [0.15, 0.2) is 50.9 Å². The van der Waals surface area contributed by atoms with Gasteiger partial charge in [0, 0.05) is 26.2 Å². The molecule has 0 atom stereocenters. The zero-order valence-corrected chi connectivity index (χ0v) is 19.0. The third-order valence-electron chi connectivity index (χ3n) is 5.45. The SMILES string of the molecule is CN1CCN(S(=O)(=O)c2c(Cl)ccc(Nc3c(Nc4ccccc4F)c(=O)c3=O)c2O)CC1. The van der Waals surface area contributed by atoms with Crippen molar-refractivity contribution in [3.05, 3.63) is 67.7 Å². The minimum absolute atomic E-state index is 0.0219. The number of phenols is 1. The number of aromatic hydroxyl groups is 1. The van der Waals surface area contributed by atoms with E-state index in [2.05, 4.69) is 10.6 Å². The molecule has 9 nitrogen and oxygen atoms in total. The first-order chi connectivity index (χ1) is 15.6. The molecule has 3 aromatic carbocycles. The van der Waals surface area contributed by atoms with Crippen LogP contribution in [0.25, 0.3) is 0 Å². The van der Waals surface area contributed by atoms with Crippen molar-refractivity contribution < 1.29 is 17.9 Å². The van der Waals surface area contributed by atoms with Crippen LogP contribution in [-0.4, -0.2) is 56.0 Å². The van der Waals surface area contributed by atoms with Crippen LogP contribution in [-0.2, 0) is 10.0 Å². The zero-order chi connectivity index (χ0) is 23.9. The number of benzene rings is 2. The van der Waals surface area contributed by atoms with Crippen molar-refractivity contribution >= 4 is 44.4 Å². The molecule has 1 saturated heterocycles. The summed E-state index contributed by atoms with van der Waals surface area (Å²) in [4.78, 5) is 25.7. The molecule has 3 aromatic rings. The van der Waals surface area contributed by atoms with Crippen LogP contribution >= 0.6 is 11.6 Å². The van der Waals surface area contributed by atoms with Gasteiger partial charge in [0.05, 0.1) is 16.4 Å². The van der Waals surface area contributed by atoms with Gasteiger partial charge in [0.25, 0.3) is 10.9 Å². The minimum Gasteiger partial charge on any atom is -0.504 e. The molecule has 4 rings (SSSR count). The average molecular weight is 495 g/mol. The van der Waals surface area contributed by atoms with Gasteiger partial charge in [-0.1, -0.05) is 23.7 Å². The van der Waals surface area contributed by atoms with Gasteiger partial charge in [-0.3, -0.25) is 9.59 Å². The van der Waals surface area contributed by atoms with Crippen molar-refractivity contribution in [1.82, 2.24) is 9.21 Å². The van der Waals surface area contributed by atoms with Gasteiger partial charge in [-0.25, -0.2) is 12.8 Å². The molecular weight excluding hydrogens is 475 g/mol. The number of rotatable bonds is 6. The third-order valence-corrected chi connectivity index (χ3v) is 7.85. The van der Waals surface area contributed by atoms with Crippen LogP contribution in [0, 0.1) is 5.82 Å². The van der Waals surface area contributed by atoms with Crippen LogP contribution in [0.3, 0.4) is 0 Å². The Morgan fingerprint density at radius 3 is 2.12 bits per heavy atom. The highest BCUT2D eigenvalue weighted by Gasteiger charge is 2.33. The van der Waals surface area contributed by atoms with Gasteiger partial charge in [-0.2, -0.15) is 4.31 Å². The second-order valence-electron chi connectivity index (χ2n) is 7.62. The Morgan fingerprint density at radius 1 is 0.939 bits per heavy atom. The number of nitrogens with one attached hydrogen (secondary N) is 2. The van der Waals surface area contributed by atoms with Gasteiger partial charge in [0.1, 0.15) is 22.1 Å². The van der Waals surface area contributed by atoms with Crippen LogP contribution in [0.2, 0.25) is 5.02 Å². The van der Waals surface area contributed by atoms with Crippen molar-refractivity contribution in [1.29, 1.82) is 0 Å². The Balaban J connectivity index is 1.68. The van der Waals surface area contributed by atoms with E-state index in [1.165, 1.54) is 34.6 Å². The van der Waals surface area contributed by atoms with Crippen molar-refractivity contribution in [2.24, 2.45) is 0 Å². The van der Waals surface area contributed by atoms with E-state index in [1.54, 1.807) is 6.07 Å². The summed E-state index contributed by atoms with van der Waals surface area (Å²) in [6.07, 6.45) is 0. The van der Waals surface area contributed by atoms with Crippen molar-refractivity contribution in [3.63, 3.8) is 0 Å². The lowest BCUT2D eigenvalue weighted by Crippen LogP contribution is -2.47. The van der Waals surface area contributed by atoms with Gasteiger partial charge >= 0.3 is 0 Å². The first kappa shape index (κ1) is 23.2. The molecule has 0 unspecified atom stereocenters. The Morgan fingerprint density at radius 2 is 1.52 bits per heavy atom. The molecule has 1 aliphatic rings. The normalized spacial score (nSPS) is 15.6. The summed E-state index contributed by atoms with van der Waals surface area (Å²) in [6, 6.07) is 8.13. The molecule has 3 N–H and O–H groups in total. The topological polar surface area (TPSA) is 119 Å². The summed E-state index contributed by atoms with van der Waals surface area (Å²) in [6.45, 7) is 1.48. The summed E-state index contributed by atoms with van der Waals surface area (Å²) < 4.78 is 41.5. The highest BCUT2D eigenvalue weighted by atomic mass is 35.5. The molecule has 1 aliphatic heterocycles. The molecule has 1 fully saturated rings. The standard InChI is InChI=1S/C21H20ClFN4O5S/c1-26-8-10-27(11-9-26)33(31,32)21-12(22)6-7-15(18(21)28)25-17-16(19(29)20(17)30)24-14-5-3-2-4-13(14)23/h2-7,24-25,28H,8-11H2,1H3. The van der Waals surface area contributed by atoms with Gasteiger partial charge in [-0.15, -0.1) is 0 Å². The maximum atomic E-state index is 14.0. The van der Waals surface area contributed by atoms with Crippen molar-refractivity contribution in [2.45, 2.75) is 4.90 Å². The van der Waals surface area contributed by atoms with Crippen LogP contribution in [0.1, 0.15) is 0 Å². The van der Waals surface area contributed by atoms with Gasteiger partial charge < -0.3 is 20.6 Å². The molecule has 0 amide bonds. The number of likely N-dealkylation sites (N-methyl/N-ethyl adjacent to an activating group) is 1. The monoisotopic (exact) mass is 494 g/mol. The molecule has 12 heteroatoms. The number of phenolic OH excluding ortho intramolecular Hbond substituents is 1. The van der Waals surface area contributed by atoms with Crippen LogP contribution in [0.4, 0.5) is 27.1 Å². The van der Waals surface area contributed by atoms with E-state index in [9.17, 15) is 27.5 Å². The molecule has 0 radical (unpaired) electrons. The quantitative estimate of drug-likeness (QED) is 0.352. The lowest BCUT2D eigenvalue weighted by molar-refractivity contribution is 0.222. The molecule has 0 aliphatic carbocycles. The van der Waals surface area contributed by atoms with Crippen LogP contribution < -0.4 is 21.5 Å². The predicted molar refractivity (Wildman–Crippen MR) is 124 cm³/mol. The summed E-state index contributed by atoms with van der Waals surface area (Å²) in [5.74, 6) is -1.32. The van der Waals surface area contributed by atoms with E-state index < -0.39 is 37.3 Å². The fraction of sp³-hybridized carbons (Fsp3) is 0.238. The molecule has 0 bridgehead atoms. The second kappa shape index (κ2) is 8.75. The number of halogens is 2. The van der Waals surface area contributed by atoms with E-state index in [0.717, 1.165) is 0 Å². The highest BCUT2D eigenvalue weighted by molar-refractivity contribution is 7.89. The van der Waals surface area contributed by atoms with E-state index >= 15 is 0 Å². The van der Waals surface area contributed by atoms with E-state index in [-0.39, 0.29) is 40.9 Å². The largest absolute Gasteiger partial charge is 0.504 e. The zero-order valence-electron chi connectivity index (χ0n) is 17.4. The van der Waals surface area contributed by atoms with Gasteiger partial charge in [-0.05, 0) is 31.3 Å². The Kier molecular flexibility index (Phi) is 6.14. The lowest BCUT2D eigenvalue weighted by atomic mass is 10.1. The summed E-state index contributed by atoms with van der Waals surface area (Å²) in [5.41, 5.74) is -2.38. The van der Waals surface area contributed by atoms with Gasteiger partial charge in [0.15, 0.2) is 5.75 Å². The van der Waals surface area contributed by atoms with E-state index in [0.29, 0.717) is 13.1 Å². The van der Waals surface area contributed by atoms with Crippen LogP contribution in [0.5, 0.6) is 5.75 Å². The van der Waals surface area contributed by atoms with Crippen molar-refractivity contribution in [3.8, 4) is 5.75 Å². The molecule has 174 valence electrons. The van der Waals surface area contributed by atoms with Crippen molar-refractivity contribution in [2.75, 3.05) is 43.9 Å². The number of hydrogen-bond acceptors (Lipinski definition) is 8. The minimum atomic E-state index is -4.13. The first-order valence-corrected chi connectivity index (χ1v) is 11.7. The Bertz CT molecular complexity index is 1400. The Labute approximate surface area is 193 Å². The predicted octanol–water partition coefficient (Wildman–Crippen LogP) is 2.20. The third kappa shape index (κ3) is 4.20. The highest BCUT2D eigenvalue weighted by Crippen LogP contribution is 2.40. The number of piperazine rings is 1. The van der Waals surface area contributed by atoms with E-state index in [4.69, 9.17) is 11.6 Å². The summed E-state index contributed by atoms with van der Waals surface area (Å²) in [7, 11) is -2.26. The van der Waals surface area contributed by atoms with E-state index in [1.807, 2.05) is 11.9 Å². The molecule has 1 heterocycles. The first-order valence-electron chi connectivity index (χ1n) is 9.93. The summed E-state index contributed by atoms with van der Waals surface area (Å²) in [5, 5.41) is 15.7. The Hall–Kier alpha value is -2.99. The smallest absolute Gasteiger partial charge is 0.253 e. The molecule has 33 heavy (non-hydrogen) atoms. The second-order valence-corrected chi connectivity index (χ2v) is 9.90. The average Bonchev–Trinajstić information content (AvgIpc) is 2.78.